The lowest BCUT2D eigenvalue weighted by atomic mass is 9.95. The Balaban J connectivity index is 3.45. The summed E-state index contributed by atoms with van der Waals surface area (Å²) in [7, 11) is 8.62. The molecular formula is C12H28N2. The highest BCUT2D eigenvalue weighted by molar-refractivity contribution is 4.76. The molecule has 0 aromatic rings. The quantitative estimate of drug-likeness (QED) is 0.582. The Labute approximate surface area is 90.3 Å². The van der Waals surface area contributed by atoms with Crippen molar-refractivity contribution in [3.05, 3.63) is 0 Å². The summed E-state index contributed by atoms with van der Waals surface area (Å²) in [5, 5.41) is 0. The van der Waals surface area contributed by atoms with Gasteiger partial charge in [-0.15, -0.1) is 0 Å². The molecule has 0 saturated heterocycles. The zero-order chi connectivity index (χ0) is 11.2. The first-order valence-electron chi connectivity index (χ1n) is 5.68. The molecule has 0 amide bonds. The number of nitrogens with zero attached hydrogens (tertiary/aromatic N) is 2. The summed E-state index contributed by atoms with van der Waals surface area (Å²) in [6.45, 7) is 5.86. The summed E-state index contributed by atoms with van der Waals surface area (Å²) >= 11 is 0. The van der Waals surface area contributed by atoms with Gasteiger partial charge in [-0.2, -0.15) is 0 Å². The summed E-state index contributed by atoms with van der Waals surface area (Å²) < 4.78 is 0. The van der Waals surface area contributed by atoms with Crippen molar-refractivity contribution in [2.75, 3.05) is 34.7 Å². The Kier molecular flexibility index (Phi) is 6.38. The van der Waals surface area contributed by atoms with E-state index in [9.17, 15) is 0 Å². The van der Waals surface area contributed by atoms with Crippen molar-refractivity contribution in [3.63, 3.8) is 0 Å². The van der Waals surface area contributed by atoms with E-state index in [1.807, 2.05) is 0 Å². The van der Waals surface area contributed by atoms with Crippen LogP contribution < -0.4 is 0 Å². The van der Waals surface area contributed by atoms with E-state index in [2.05, 4.69) is 51.8 Å². The van der Waals surface area contributed by atoms with Gasteiger partial charge >= 0.3 is 0 Å². The van der Waals surface area contributed by atoms with Gasteiger partial charge in [0.25, 0.3) is 0 Å². The maximum absolute atomic E-state index is 2.32. The topological polar surface area (TPSA) is 6.48 Å². The van der Waals surface area contributed by atoms with Gasteiger partial charge in [-0.1, -0.05) is 12.8 Å². The summed E-state index contributed by atoms with van der Waals surface area (Å²) in [6, 6.07) is 0. The normalized spacial score (nSPS) is 12.9. The molecule has 0 N–H and O–H groups in total. The van der Waals surface area contributed by atoms with Crippen LogP contribution in [-0.4, -0.2) is 50.1 Å². The van der Waals surface area contributed by atoms with Crippen LogP contribution in [0.4, 0.5) is 0 Å². The van der Waals surface area contributed by atoms with Crippen LogP contribution in [0, 0.1) is 0 Å². The molecule has 0 bridgehead atoms. The Hall–Kier alpha value is -0.0800. The highest BCUT2D eigenvalue weighted by Gasteiger charge is 2.18. The molecule has 2 nitrogen and oxygen atoms in total. The van der Waals surface area contributed by atoms with E-state index in [0.717, 1.165) is 0 Å². The van der Waals surface area contributed by atoms with Gasteiger partial charge in [0.05, 0.1) is 0 Å². The fraction of sp³-hybridized carbons (Fsp3) is 1.00. The van der Waals surface area contributed by atoms with Crippen LogP contribution in [0.2, 0.25) is 0 Å². The van der Waals surface area contributed by atoms with Crippen molar-refractivity contribution in [1.29, 1.82) is 0 Å². The van der Waals surface area contributed by atoms with Gasteiger partial charge < -0.3 is 9.80 Å². The van der Waals surface area contributed by atoms with E-state index in [1.54, 1.807) is 0 Å². The van der Waals surface area contributed by atoms with Crippen molar-refractivity contribution < 1.29 is 0 Å². The Morgan fingerprint density at radius 3 is 1.86 bits per heavy atom. The Morgan fingerprint density at radius 1 is 0.857 bits per heavy atom. The molecule has 0 aromatic heterocycles. The maximum Gasteiger partial charge on any atom is 0.0147 e. The summed E-state index contributed by atoms with van der Waals surface area (Å²) in [5.74, 6) is 0. The molecule has 0 rings (SSSR count). The van der Waals surface area contributed by atoms with Gasteiger partial charge in [0.2, 0.25) is 0 Å². The van der Waals surface area contributed by atoms with E-state index in [1.165, 1.54) is 32.2 Å². The fourth-order valence-electron chi connectivity index (χ4n) is 1.39. The molecule has 0 radical (unpaired) electrons. The minimum absolute atomic E-state index is 0.359. The minimum Gasteiger partial charge on any atom is -0.309 e. The average Bonchev–Trinajstić information content (AvgIpc) is 2.02. The second-order valence-corrected chi connectivity index (χ2v) is 5.32. The summed E-state index contributed by atoms with van der Waals surface area (Å²) in [4.78, 5) is 4.58. The molecular weight excluding hydrogens is 172 g/mol. The van der Waals surface area contributed by atoms with E-state index in [-0.39, 0.29) is 0 Å². The molecule has 0 fully saturated rings. The van der Waals surface area contributed by atoms with Gasteiger partial charge in [0.15, 0.2) is 0 Å². The Morgan fingerprint density at radius 2 is 1.43 bits per heavy atom. The third-order valence-electron chi connectivity index (χ3n) is 3.10. The molecule has 14 heavy (non-hydrogen) atoms. The maximum atomic E-state index is 2.32. The van der Waals surface area contributed by atoms with Crippen LogP contribution in [-0.2, 0) is 0 Å². The Bertz CT molecular complexity index is 139. The van der Waals surface area contributed by atoms with Crippen LogP contribution in [0.25, 0.3) is 0 Å². The first kappa shape index (κ1) is 13.9. The van der Waals surface area contributed by atoms with E-state index < -0.39 is 0 Å². The van der Waals surface area contributed by atoms with Crippen molar-refractivity contribution >= 4 is 0 Å². The number of hydrogen-bond donors (Lipinski definition) is 0. The van der Waals surface area contributed by atoms with E-state index >= 15 is 0 Å². The predicted molar refractivity (Wildman–Crippen MR) is 64.8 cm³/mol. The molecule has 86 valence electrons. The molecule has 2 heteroatoms. The predicted octanol–water partition coefficient (Wildman–Crippen LogP) is 2.45. The van der Waals surface area contributed by atoms with Gasteiger partial charge in [-0.25, -0.2) is 0 Å². The zero-order valence-electron chi connectivity index (χ0n) is 10.9. The van der Waals surface area contributed by atoms with Crippen molar-refractivity contribution in [2.45, 2.75) is 45.1 Å². The molecule has 0 unspecified atom stereocenters. The van der Waals surface area contributed by atoms with Crippen LogP contribution in [0.3, 0.4) is 0 Å². The van der Waals surface area contributed by atoms with Gasteiger partial charge in [-0.05, 0) is 61.4 Å². The third-order valence-corrected chi connectivity index (χ3v) is 3.10. The molecule has 0 spiro atoms. The second kappa shape index (κ2) is 6.41. The van der Waals surface area contributed by atoms with Crippen molar-refractivity contribution in [3.8, 4) is 0 Å². The molecule has 0 aliphatic rings. The minimum atomic E-state index is 0.359. The van der Waals surface area contributed by atoms with E-state index in [0.29, 0.717) is 5.54 Å². The lowest BCUT2D eigenvalue weighted by molar-refractivity contribution is 0.177. The standard InChI is InChI=1S/C12H28N2/c1-12(2,14(5)6)10-8-7-9-11-13(3)4/h7-11H2,1-6H3. The largest absolute Gasteiger partial charge is 0.309 e. The highest BCUT2D eigenvalue weighted by Crippen LogP contribution is 2.18. The van der Waals surface area contributed by atoms with Gasteiger partial charge in [0.1, 0.15) is 0 Å². The number of rotatable bonds is 7. The molecule has 0 saturated carbocycles. The average molecular weight is 200 g/mol. The third kappa shape index (κ3) is 6.39. The summed E-state index contributed by atoms with van der Waals surface area (Å²) in [6.07, 6.45) is 5.33. The van der Waals surface area contributed by atoms with Crippen LogP contribution in [0.15, 0.2) is 0 Å². The molecule has 0 aliphatic carbocycles. The SMILES string of the molecule is CN(C)CCCCCC(C)(C)N(C)C. The van der Waals surface area contributed by atoms with Gasteiger partial charge in [-0.3, -0.25) is 0 Å². The van der Waals surface area contributed by atoms with Crippen LogP contribution in [0.1, 0.15) is 39.5 Å². The smallest absolute Gasteiger partial charge is 0.0147 e. The second-order valence-electron chi connectivity index (χ2n) is 5.32. The summed E-state index contributed by atoms with van der Waals surface area (Å²) in [5.41, 5.74) is 0.359. The lowest BCUT2D eigenvalue weighted by Crippen LogP contribution is -2.37. The van der Waals surface area contributed by atoms with Crippen LogP contribution in [0.5, 0.6) is 0 Å². The molecule has 0 atom stereocenters. The number of hydrogen-bond acceptors (Lipinski definition) is 2. The molecule has 0 aliphatic heterocycles. The monoisotopic (exact) mass is 200 g/mol. The molecule has 0 heterocycles. The van der Waals surface area contributed by atoms with Crippen LogP contribution >= 0.6 is 0 Å². The van der Waals surface area contributed by atoms with Crippen molar-refractivity contribution in [2.24, 2.45) is 0 Å². The fourth-order valence-corrected chi connectivity index (χ4v) is 1.39. The number of unbranched alkanes of at least 4 members (excludes halogenated alkanes) is 2. The van der Waals surface area contributed by atoms with Crippen molar-refractivity contribution in [1.82, 2.24) is 9.80 Å². The first-order valence-corrected chi connectivity index (χ1v) is 5.68. The zero-order valence-corrected chi connectivity index (χ0v) is 10.9. The molecule has 0 aromatic carbocycles. The first-order chi connectivity index (χ1) is 6.36. The van der Waals surface area contributed by atoms with Gasteiger partial charge in [0, 0.05) is 5.54 Å². The lowest BCUT2D eigenvalue weighted by Gasteiger charge is -2.32. The van der Waals surface area contributed by atoms with E-state index in [4.69, 9.17) is 0 Å². The highest BCUT2D eigenvalue weighted by atomic mass is 15.1.